The molecule has 1 aliphatic rings. The summed E-state index contributed by atoms with van der Waals surface area (Å²) in [5, 5.41) is 2.89. The maximum absolute atomic E-state index is 13.1. The Bertz CT molecular complexity index is 807. The van der Waals surface area contributed by atoms with E-state index >= 15 is 0 Å². The fourth-order valence-electron chi connectivity index (χ4n) is 3.12. The highest BCUT2D eigenvalue weighted by Crippen LogP contribution is 2.14. The zero-order valence-corrected chi connectivity index (χ0v) is 15.3. The van der Waals surface area contributed by atoms with Crippen LogP contribution in [0.4, 0.5) is 4.39 Å². The molecule has 2 amide bonds. The molecular weight excluding hydrogens is 347 g/mol. The van der Waals surface area contributed by atoms with Gasteiger partial charge in [-0.15, -0.1) is 0 Å². The fourth-order valence-corrected chi connectivity index (χ4v) is 3.12. The predicted octanol–water partition coefficient (Wildman–Crippen LogP) is 2.22. The Balaban J connectivity index is 1.60. The van der Waals surface area contributed by atoms with Crippen LogP contribution < -0.4 is 5.32 Å². The van der Waals surface area contributed by atoms with E-state index < -0.39 is 6.04 Å². The van der Waals surface area contributed by atoms with Crippen molar-refractivity contribution < 1.29 is 18.7 Å². The van der Waals surface area contributed by atoms with E-state index in [9.17, 15) is 14.0 Å². The molecule has 5 nitrogen and oxygen atoms in total. The molecule has 1 atom stereocenters. The minimum Gasteiger partial charge on any atom is -0.369 e. The van der Waals surface area contributed by atoms with Crippen LogP contribution in [-0.4, -0.2) is 42.5 Å². The van der Waals surface area contributed by atoms with E-state index in [4.69, 9.17) is 4.74 Å². The molecule has 3 rings (SSSR count). The topological polar surface area (TPSA) is 58.6 Å². The van der Waals surface area contributed by atoms with Crippen LogP contribution in [0.25, 0.3) is 0 Å². The highest BCUT2D eigenvalue weighted by Gasteiger charge is 2.33. The normalized spacial score (nSPS) is 17.0. The lowest BCUT2D eigenvalue weighted by Gasteiger charge is -2.34. The number of halogens is 1. The number of hydrogen-bond donors (Lipinski definition) is 1. The second kappa shape index (κ2) is 8.77. The van der Waals surface area contributed by atoms with Gasteiger partial charge in [0.1, 0.15) is 18.5 Å². The lowest BCUT2D eigenvalue weighted by atomic mass is 10.1. The number of hydrogen-bond acceptors (Lipinski definition) is 3. The number of amides is 2. The van der Waals surface area contributed by atoms with Crippen molar-refractivity contribution in [1.29, 1.82) is 0 Å². The van der Waals surface area contributed by atoms with Gasteiger partial charge in [0, 0.05) is 13.1 Å². The van der Waals surface area contributed by atoms with Crippen molar-refractivity contribution in [1.82, 2.24) is 10.2 Å². The number of carbonyl (C=O) groups is 2. The molecule has 1 N–H and O–H groups in total. The predicted molar refractivity (Wildman–Crippen MR) is 99.4 cm³/mol. The number of aryl methyl sites for hydroxylation is 1. The second-order valence-corrected chi connectivity index (χ2v) is 6.71. The monoisotopic (exact) mass is 370 g/mol. The summed E-state index contributed by atoms with van der Waals surface area (Å²) in [6.07, 6.45) is 0.715. The Labute approximate surface area is 158 Å². The SMILES string of the molecule is Cc1cccc(CCNC(=O)[C@@H]2COCC(=O)N2Cc2ccc(F)cc2)c1. The van der Waals surface area contributed by atoms with E-state index in [-0.39, 0.29) is 37.4 Å². The molecule has 0 unspecified atom stereocenters. The molecular formula is C21H23FN2O3. The summed E-state index contributed by atoms with van der Waals surface area (Å²) in [4.78, 5) is 26.4. The maximum Gasteiger partial charge on any atom is 0.249 e. The minimum atomic E-state index is -0.686. The molecule has 0 aliphatic carbocycles. The van der Waals surface area contributed by atoms with Crippen molar-refractivity contribution in [2.24, 2.45) is 0 Å². The number of nitrogens with one attached hydrogen (secondary N) is 1. The van der Waals surface area contributed by atoms with Crippen LogP contribution in [0.2, 0.25) is 0 Å². The number of nitrogens with zero attached hydrogens (tertiary/aromatic N) is 1. The quantitative estimate of drug-likeness (QED) is 0.848. The van der Waals surface area contributed by atoms with Crippen LogP contribution >= 0.6 is 0 Å². The van der Waals surface area contributed by atoms with Crippen LogP contribution in [0.5, 0.6) is 0 Å². The van der Waals surface area contributed by atoms with Gasteiger partial charge in [-0.25, -0.2) is 4.39 Å². The van der Waals surface area contributed by atoms with Gasteiger partial charge in [-0.2, -0.15) is 0 Å². The van der Waals surface area contributed by atoms with Crippen LogP contribution in [0.3, 0.4) is 0 Å². The van der Waals surface area contributed by atoms with E-state index in [2.05, 4.69) is 11.4 Å². The smallest absolute Gasteiger partial charge is 0.249 e. The van der Waals surface area contributed by atoms with Crippen molar-refractivity contribution in [3.8, 4) is 0 Å². The van der Waals surface area contributed by atoms with Gasteiger partial charge in [0.05, 0.1) is 6.61 Å². The number of carbonyl (C=O) groups excluding carboxylic acids is 2. The number of benzene rings is 2. The summed E-state index contributed by atoms with van der Waals surface area (Å²) >= 11 is 0. The maximum atomic E-state index is 13.1. The molecule has 27 heavy (non-hydrogen) atoms. The van der Waals surface area contributed by atoms with Gasteiger partial charge in [0.15, 0.2) is 0 Å². The van der Waals surface area contributed by atoms with Crippen LogP contribution in [0.15, 0.2) is 48.5 Å². The van der Waals surface area contributed by atoms with Gasteiger partial charge in [-0.3, -0.25) is 9.59 Å². The lowest BCUT2D eigenvalue weighted by molar-refractivity contribution is -0.155. The highest BCUT2D eigenvalue weighted by molar-refractivity contribution is 5.89. The molecule has 2 aromatic rings. The summed E-state index contributed by atoms with van der Waals surface area (Å²) < 4.78 is 18.4. The number of ether oxygens (including phenoxy) is 1. The van der Waals surface area contributed by atoms with Crippen molar-refractivity contribution in [3.05, 3.63) is 71.0 Å². The first kappa shape index (κ1) is 19.0. The van der Waals surface area contributed by atoms with Gasteiger partial charge in [-0.1, -0.05) is 42.0 Å². The van der Waals surface area contributed by atoms with E-state index in [0.29, 0.717) is 13.0 Å². The first-order valence-corrected chi connectivity index (χ1v) is 8.98. The van der Waals surface area contributed by atoms with E-state index in [1.165, 1.54) is 22.6 Å². The van der Waals surface area contributed by atoms with Crippen LogP contribution in [0.1, 0.15) is 16.7 Å². The summed E-state index contributed by atoms with van der Waals surface area (Å²) in [6, 6.07) is 13.4. The van der Waals surface area contributed by atoms with Crippen molar-refractivity contribution in [2.45, 2.75) is 25.9 Å². The Morgan fingerprint density at radius 1 is 1.22 bits per heavy atom. The minimum absolute atomic E-state index is 0.0474. The zero-order valence-electron chi connectivity index (χ0n) is 15.3. The summed E-state index contributed by atoms with van der Waals surface area (Å²) in [5.41, 5.74) is 3.09. The third-order valence-electron chi connectivity index (χ3n) is 4.56. The molecule has 1 heterocycles. The Hall–Kier alpha value is -2.73. The molecule has 142 valence electrons. The van der Waals surface area contributed by atoms with Crippen molar-refractivity contribution in [2.75, 3.05) is 19.8 Å². The zero-order chi connectivity index (χ0) is 19.2. The lowest BCUT2D eigenvalue weighted by Crippen LogP contribution is -2.56. The molecule has 0 spiro atoms. The Kier molecular flexibility index (Phi) is 6.19. The molecule has 0 bridgehead atoms. The third kappa shape index (κ3) is 5.14. The van der Waals surface area contributed by atoms with Crippen molar-refractivity contribution in [3.63, 3.8) is 0 Å². The molecule has 1 aliphatic heterocycles. The first-order chi connectivity index (χ1) is 13.0. The molecule has 0 radical (unpaired) electrons. The van der Waals surface area contributed by atoms with E-state index in [1.807, 2.05) is 25.1 Å². The number of rotatable bonds is 6. The molecule has 1 saturated heterocycles. The Morgan fingerprint density at radius 2 is 2.00 bits per heavy atom. The Morgan fingerprint density at radius 3 is 2.74 bits per heavy atom. The molecule has 0 saturated carbocycles. The summed E-state index contributed by atoms with van der Waals surface area (Å²) in [6.45, 7) is 2.87. The van der Waals surface area contributed by atoms with Gasteiger partial charge >= 0.3 is 0 Å². The van der Waals surface area contributed by atoms with Gasteiger partial charge in [-0.05, 0) is 36.6 Å². The van der Waals surface area contributed by atoms with Crippen LogP contribution in [-0.2, 0) is 27.3 Å². The molecule has 6 heteroatoms. The second-order valence-electron chi connectivity index (χ2n) is 6.71. The first-order valence-electron chi connectivity index (χ1n) is 8.98. The highest BCUT2D eigenvalue weighted by atomic mass is 19.1. The van der Waals surface area contributed by atoms with Gasteiger partial charge in [0.25, 0.3) is 0 Å². The van der Waals surface area contributed by atoms with Gasteiger partial charge in [0.2, 0.25) is 11.8 Å². The van der Waals surface area contributed by atoms with E-state index in [0.717, 1.165) is 11.1 Å². The summed E-state index contributed by atoms with van der Waals surface area (Å²) in [5.74, 6) is -0.820. The average molecular weight is 370 g/mol. The van der Waals surface area contributed by atoms with Crippen LogP contribution in [0, 0.1) is 12.7 Å². The fraction of sp³-hybridized carbons (Fsp3) is 0.333. The third-order valence-corrected chi connectivity index (χ3v) is 4.56. The van der Waals surface area contributed by atoms with Crippen molar-refractivity contribution >= 4 is 11.8 Å². The summed E-state index contributed by atoms with van der Waals surface area (Å²) in [7, 11) is 0. The van der Waals surface area contributed by atoms with Gasteiger partial charge < -0.3 is 15.0 Å². The largest absolute Gasteiger partial charge is 0.369 e. The molecule has 2 aromatic carbocycles. The molecule has 0 aromatic heterocycles. The van der Waals surface area contributed by atoms with E-state index in [1.54, 1.807) is 12.1 Å². The molecule has 1 fully saturated rings. The standard InChI is InChI=1S/C21H23FN2O3/c1-15-3-2-4-16(11-15)9-10-23-21(26)19-13-27-14-20(25)24(19)12-17-5-7-18(22)8-6-17/h2-8,11,19H,9-10,12-14H2,1H3,(H,23,26)/t19-/m0/s1. The average Bonchev–Trinajstić information content (AvgIpc) is 2.65. The number of morpholine rings is 1.